The maximum absolute atomic E-state index is 13.8. The first-order chi connectivity index (χ1) is 16.4. The van der Waals surface area contributed by atoms with Gasteiger partial charge >= 0.3 is 17.8 Å². The summed E-state index contributed by atoms with van der Waals surface area (Å²) < 4.78 is 52.5. The molecular weight excluding hydrogens is 487 g/mol. The molecule has 4 rings (SSSR count). The van der Waals surface area contributed by atoms with Gasteiger partial charge in [0, 0.05) is 18.0 Å². The van der Waals surface area contributed by atoms with Crippen molar-refractivity contribution in [3.8, 4) is 28.1 Å². The molecule has 35 heavy (non-hydrogen) atoms. The molecule has 2 N–H and O–H groups in total. The van der Waals surface area contributed by atoms with Gasteiger partial charge in [0.2, 0.25) is 0 Å². The predicted molar refractivity (Wildman–Crippen MR) is 124 cm³/mol. The third-order valence-corrected chi connectivity index (χ3v) is 6.22. The number of aromatic amines is 1. The number of H-pyrrole nitrogens is 1. The number of aryl methyl sites for hydroxylation is 1. The van der Waals surface area contributed by atoms with Gasteiger partial charge in [0.1, 0.15) is 11.4 Å². The highest BCUT2D eigenvalue weighted by Crippen LogP contribution is 2.40. The smallest absolute Gasteiger partial charge is 0.432 e. The van der Waals surface area contributed by atoms with E-state index >= 15 is 0 Å². The number of nitrogens with one attached hydrogen (secondary N) is 1. The molecule has 0 aliphatic heterocycles. The summed E-state index contributed by atoms with van der Waals surface area (Å²) >= 11 is 1.09. The van der Waals surface area contributed by atoms with E-state index in [1.807, 2.05) is 11.9 Å². The Morgan fingerprint density at radius 3 is 2.57 bits per heavy atom. The van der Waals surface area contributed by atoms with E-state index in [0.29, 0.717) is 25.9 Å². The molecule has 0 fully saturated rings. The van der Waals surface area contributed by atoms with Gasteiger partial charge in [0.25, 0.3) is 5.56 Å². The van der Waals surface area contributed by atoms with Crippen LogP contribution in [0.15, 0.2) is 46.0 Å². The Kier molecular flexibility index (Phi) is 6.01. The summed E-state index contributed by atoms with van der Waals surface area (Å²) in [5.41, 5.74) is -2.84. The predicted octanol–water partition coefficient (Wildman–Crippen LogP) is 4.20. The number of nitrogens with zero attached hydrogens (tertiary/aromatic N) is 2. The molecule has 8 nitrogen and oxygen atoms in total. The first kappa shape index (κ1) is 24.2. The van der Waals surface area contributed by atoms with E-state index in [-0.39, 0.29) is 11.3 Å². The van der Waals surface area contributed by atoms with Gasteiger partial charge in [-0.25, -0.2) is 9.59 Å². The Hall–Kier alpha value is -3.93. The zero-order valence-electron chi connectivity index (χ0n) is 18.6. The van der Waals surface area contributed by atoms with Crippen molar-refractivity contribution in [1.29, 1.82) is 0 Å². The SMILES string of the molecule is Cc1ccc(OC(C)C(=O)O)c(-c2nsc3ccc(-c4c(C(F)(F)F)n(C)c(=O)[nH]c4=O)cc23)c1. The molecule has 4 aromatic rings. The number of fused-ring (bicyclic) bond motifs is 1. The van der Waals surface area contributed by atoms with Gasteiger partial charge in [-0.3, -0.25) is 14.3 Å². The summed E-state index contributed by atoms with van der Waals surface area (Å²) in [6, 6.07) is 9.34. The molecule has 12 heteroatoms. The zero-order valence-corrected chi connectivity index (χ0v) is 19.4. The Bertz CT molecular complexity index is 1590. The minimum absolute atomic E-state index is 0.0582. The molecule has 0 aliphatic carbocycles. The zero-order chi connectivity index (χ0) is 25.7. The topological polar surface area (TPSA) is 114 Å². The van der Waals surface area contributed by atoms with E-state index in [9.17, 15) is 32.7 Å². The molecule has 0 bridgehead atoms. The summed E-state index contributed by atoms with van der Waals surface area (Å²) in [7, 11) is 0.931. The molecule has 0 aliphatic rings. The van der Waals surface area contributed by atoms with Crippen LogP contribution in [-0.4, -0.2) is 31.1 Å². The Morgan fingerprint density at radius 2 is 1.91 bits per heavy atom. The highest BCUT2D eigenvalue weighted by atomic mass is 32.1. The molecule has 2 aromatic carbocycles. The molecule has 0 saturated carbocycles. The number of hydrogen-bond donors (Lipinski definition) is 2. The fraction of sp³-hybridized carbons (Fsp3) is 0.217. The maximum Gasteiger partial charge on any atom is 0.432 e. The standard InChI is InChI=1S/C23H18F3N3O5S/c1-10-4-6-15(34-11(2)21(31)32)13(8-10)18-14-9-12(5-7-16(14)35-28-18)17-19(23(24,25)26)29(3)22(33)27-20(17)30/h4-9,11H,1-3H3,(H,31,32)(H,27,30,33). The van der Waals surface area contributed by atoms with Gasteiger partial charge in [0.15, 0.2) is 6.10 Å². The molecule has 0 amide bonds. The van der Waals surface area contributed by atoms with Crippen LogP contribution >= 0.6 is 11.5 Å². The van der Waals surface area contributed by atoms with Crippen LogP contribution in [0.1, 0.15) is 18.2 Å². The lowest BCUT2D eigenvalue weighted by atomic mass is 9.99. The van der Waals surface area contributed by atoms with Gasteiger partial charge in [0.05, 0.1) is 16.0 Å². The van der Waals surface area contributed by atoms with E-state index < -0.39 is 40.8 Å². The van der Waals surface area contributed by atoms with E-state index in [0.717, 1.165) is 24.1 Å². The number of carboxylic acid groups (broad SMARTS) is 1. The summed E-state index contributed by atoms with van der Waals surface area (Å²) in [4.78, 5) is 37.6. The monoisotopic (exact) mass is 505 g/mol. The fourth-order valence-corrected chi connectivity index (χ4v) is 4.45. The van der Waals surface area contributed by atoms with Gasteiger partial charge in [-0.2, -0.15) is 17.5 Å². The molecule has 0 saturated heterocycles. The quantitative estimate of drug-likeness (QED) is 0.420. The summed E-state index contributed by atoms with van der Waals surface area (Å²) in [6.07, 6.45) is -6.12. The number of hydrogen-bond acceptors (Lipinski definition) is 6. The molecular formula is C23H18F3N3O5S. The minimum Gasteiger partial charge on any atom is -0.479 e. The van der Waals surface area contributed by atoms with Crippen molar-refractivity contribution >= 4 is 27.6 Å². The van der Waals surface area contributed by atoms with Gasteiger partial charge in [-0.05, 0) is 55.2 Å². The van der Waals surface area contributed by atoms with Crippen LogP contribution in [0.2, 0.25) is 0 Å². The number of ether oxygens (including phenoxy) is 1. The van der Waals surface area contributed by atoms with Crippen LogP contribution in [0.4, 0.5) is 13.2 Å². The van der Waals surface area contributed by atoms with Crippen LogP contribution in [0.5, 0.6) is 5.75 Å². The van der Waals surface area contributed by atoms with Crippen LogP contribution in [0.25, 0.3) is 32.5 Å². The molecule has 182 valence electrons. The van der Waals surface area contributed by atoms with E-state index in [2.05, 4.69) is 4.37 Å². The number of alkyl halides is 3. The van der Waals surface area contributed by atoms with Gasteiger partial charge < -0.3 is 9.84 Å². The van der Waals surface area contributed by atoms with Crippen molar-refractivity contribution < 1.29 is 27.8 Å². The van der Waals surface area contributed by atoms with Gasteiger partial charge in [-0.15, -0.1) is 0 Å². The summed E-state index contributed by atoms with van der Waals surface area (Å²) in [5, 5.41) is 9.66. The van der Waals surface area contributed by atoms with Crippen molar-refractivity contribution in [3.05, 3.63) is 68.5 Å². The lowest BCUT2D eigenvalue weighted by molar-refractivity contribution is -0.144. The number of aliphatic carboxylic acids is 1. The van der Waals surface area contributed by atoms with Crippen LogP contribution in [-0.2, 0) is 18.0 Å². The molecule has 0 radical (unpaired) electrons. The minimum atomic E-state index is -4.97. The van der Waals surface area contributed by atoms with E-state index in [1.54, 1.807) is 18.2 Å². The second kappa shape index (κ2) is 8.69. The van der Waals surface area contributed by atoms with Crippen molar-refractivity contribution in [3.63, 3.8) is 0 Å². The second-order valence-corrected chi connectivity index (χ2v) is 8.68. The average molecular weight is 505 g/mol. The first-order valence-electron chi connectivity index (χ1n) is 10.2. The molecule has 1 unspecified atom stereocenters. The number of aromatic nitrogens is 3. The summed E-state index contributed by atoms with van der Waals surface area (Å²) in [5.74, 6) is -0.936. The number of halogens is 3. The maximum atomic E-state index is 13.8. The summed E-state index contributed by atoms with van der Waals surface area (Å²) in [6.45, 7) is 3.18. The van der Waals surface area contributed by atoms with E-state index in [4.69, 9.17) is 4.74 Å². The Morgan fingerprint density at radius 1 is 1.20 bits per heavy atom. The normalized spacial score (nSPS) is 12.6. The van der Waals surface area contributed by atoms with Crippen LogP contribution in [0.3, 0.4) is 0 Å². The highest BCUT2D eigenvalue weighted by Gasteiger charge is 2.38. The number of rotatable bonds is 5. The van der Waals surface area contributed by atoms with Crippen molar-refractivity contribution in [1.82, 2.24) is 13.9 Å². The van der Waals surface area contributed by atoms with Crippen molar-refractivity contribution in [2.24, 2.45) is 7.05 Å². The third kappa shape index (κ3) is 4.44. The number of benzene rings is 2. The fourth-order valence-electron chi connectivity index (χ4n) is 3.68. The lowest BCUT2D eigenvalue weighted by Crippen LogP contribution is -2.35. The third-order valence-electron chi connectivity index (χ3n) is 5.39. The largest absolute Gasteiger partial charge is 0.479 e. The Labute approximate surface area is 199 Å². The van der Waals surface area contributed by atoms with Crippen molar-refractivity contribution in [2.75, 3.05) is 0 Å². The Balaban J connectivity index is 1.97. The number of carboxylic acids is 1. The lowest BCUT2D eigenvalue weighted by Gasteiger charge is -2.16. The molecule has 1 atom stereocenters. The molecule has 2 heterocycles. The van der Waals surface area contributed by atoms with Gasteiger partial charge in [-0.1, -0.05) is 17.7 Å². The molecule has 2 aromatic heterocycles. The first-order valence-corrected chi connectivity index (χ1v) is 11.0. The number of carbonyl (C=O) groups is 1. The van der Waals surface area contributed by atoms with Crippen LogP contribution < -0.4 is 16.0 Å². The molecule has 0 spiro atoms. The second-order valence-electron chi connectivity index (χ2n) is 7.88. The average Bonchev–Trinajstić information content (AvgIpc) is 3.19. The van der Waals surface area contributed by atoms with E-state index in [1.165, 1.54) is 25.1 Å². The highest BCUT2D eigenvalue weighted by molar-refractivity contribution is 7.13. The van der Waals surface area contributed by atoms with Crippen molar-refractivity contribution in [2.45, 2.75) is 26.1 Å². The van der Waals surface area contributed by atoms with Crippen LogP contribution in [0, 0.1) is 6.92 Å².